The number of aliphatic hydroxyl groups is 1. The fourth-order valence-corrected chi connectivity index (χ4v) is 4.69. The molecule has 9 heteroatoms. The Balaban J connectivity index is 1.50. The van der Waals surface area contributed by atoms with Gasteiger partial charge in [-0.05, 0) is 75.9 Å². The number of nitriles is 1. The summed E-state index contributed by atoms with van der Waals surface area (Å²) in [4.78, 5) is 16.2. The number of halogens is 1. The molecule has 1 amide bonds. The number of benzene rings is 2. The van der Waals surface area contributed by atoms with Crippen LogP contribution in [0.2, 0.25) is 0 Å². The van der Waals surface area contributed by atoms with Crippen LogP contribution in [0.5, 0.6) is 0 Å². The highest BCUT2D eigenvalue weighted by Gasteiger charge is 2.22. The number of hydrogen-bond acceptors (Lipinski definition) is 6. The zero-order valence-corrected chi connectivity index (χ0v) is 21.0. The summed E-state index contributed by atoms with van der Waals surface area (Å²) in [7, 11) is 5.60. The number of carbonyl (C=O) groups is 1. The number of fused-ring (bicyclic) bond motifs is 1. The second-order valence-electron chi connectivity index (χ2n) is 9.88. The van der Waals surface area contributed by atoms with Gasteiger partial charge < -0.3 is 20.2 Å². The van der Waals surface area contributed by atoms with Crippen molar-refractivity contribution in [2.45, 2.75) is 37.5 Å². The number of likely N-dealkylation sites (tertiary alicyclic amines) is 1. The molecule has 190 valence electrons. The Hall–Kier alpha value is -3.32. The lowest BCUT2D eigenvalue weighted by atomic mass is 9.99. The molecule has 0 unspecified atom stereocenters. The Kier molecular flexibility index (Phi) is 7.99. The zero-order chi connectivity index (χ0) is 25.8. The summed E-state index contributed by atoms with van der Waals surface area (Å²) in [5.74, 6) is -1.10. The molecule has 1 aromatic heterocycles. The number of carbonyl (C=O) groups excluding carboxylic acids is 1. The van der Waals surface area contributed by atoms with E-state index in [4.69, 9.17) is 0 Å². The molecule has 4 rings (SSSR count). The largest absolute Gasteiger partial charge is 0.382 e. The first-order valence-electron chi connectivity index (χ1n) is 12.2. The minimum atomic E-state index is -1.26. The fraction of sp³-hybridized carbons (Fsp3) is 0.444. The Bertz CT molecular complexity index is 1260. The van der Waals surface area contributed by atoms with E-state index >= 15 is 4.39 Å². The molecule has 3 aromatic rings. The smallest absolute Gasteiger partial charge is 0.251 e. The number of piperidine rings is 1. The molecule has 1 aliphatic heterocycles. The normalized spacial score (nSPS) is 16.7. The summed E-state index contributed by atoms with van der Waals surface area (Å²) in [5, 5.41) is 27.6. The second-order valence-corrected chi connectivity index (χ2v) is 9.88. The van der Waals surface area contributed by atoms with Crippen LogP contribution in [0.25, 0.3) is 22.0 Å². The maximum atomic E-state index is 15.1. The van der Waals surface area contributed by atoms with E-state index in [1.165, 1.54) is 6.07 Å². The predicted molar refractivity (Wildman–Crippen MR) is 137 cm³/mol. The predicted octanol–water partition coefficient (Wildman–Crippen LogP) is 2.58. The third-order valence-corrected chi connectivity index (χ3v) is 6.76. The number of amides is 1. The minimum Gasteiger partial charge on any atom is -0.382 e. The van der Waals surface area contributed by atoms with Gasteiger partial charge in [0.15, 0.2) is 0 Å². The van der Waals surface area contributed by atoms with Crippen LogP contribution in [0.15, 0.2) is 42.6 Å². The van der Waals surface area contributed by atoms with Gasteiger partial charge in [0.05, 0.1) is 23.8 Å². The third kappa shape index (κ3) is 5.90. The van der Waals surface area contributed by atoms with Crippen molar-refractivity contribution in [3.8, 4) is 17.2 Å². The minimum absolute atomic E-state index is 0.00493. The highest BCUT2D eigenvalue weighted by Crippen LogP contribution is 2.30. The molecule has 1 aliphatic rings. The van der Waals surface area contributed by atoms with Gasteiger partial charge >= 0.3 is 0 Å². The summed E-state index contributed by atoms with van der Waals surface area (Å²) in [6.07, 6.45) is 2.71. The van der Waals surface area contributed by atoms with Crippen molar-refractivity contribution in [2.24, 2.45) is 0 Å². The van der Waals surface area contributed by atoms with E-state index in [2.05, 4.69) is 33.1 Å². The maximum absolute atomic E-state index is 15.1. The molecule has 0 aliphatic carbocycles. The summed E-state index contributed by atoms with van der Waals surface area (Å²) in [5.41, 5.74) is 2.98. The van der Waals surface area contributed by atoms with E-state index < -0.39 is 23.9 Å². The standard InChI is InChI=1S/C27H33FN6O2/c1-32(2)17-26(35)27(36)31-22(15-29)12-20-6-4-18(13-24(20)28)19-5-7-21-16-30-34(25(21)14-19)23-8-10-33(3)11-9-23/h4-7,13-14,16,22-23,26,35H,8-12,17H2,1-3H3,(H,31,36)/t22-,26-/m0/s1. The van der Waals surface area contributed by atoms with E-state index in [1.807, 2.05) is 30.5 Å². The molecule has 2 heterocycles. The van der Waals surface area contributed by atoms with E-state index in [-0.39, 0.29) is 13.0 Å². The van der Waals surface area contributed by atoms with Crippen LogP contribution < -0.4 is 5.32 Å². The zero-order valence-electron chi connectivity index (χ0n) is 21.0. The highest BCUT2D eigenvalue weighted by atomic mass is 19.1. The fourth-order valence-electron chi connectivity index (χ4n) is 4.69. The van der Waals surface area contributed by atoms with Gasteiger partial charge in [0, 0.05) is 18.4 Å². The van der Waals surface area contributed by atoms with Gasteiger partial charge in [-0.2, -0.15) is 10.4 Å². The Labute approximate surface area is 210 Å². The average Bonchev–Trinajstić information content (AvgIpc) is 3.28. The molecule has 1 saturated heterocycles. The number of aromatic nitrogens is 2. The van der Waals surface area contributed by atoms with Gasteiger partial charge in [0.2, 0.25) is 0 Å². The number of nitrogens with zero attached hydrogens (tertiary/aromatic N) is 5. The van der Waals surface area contributed by atoms with E-state index in [0.717, 1.165) is 48.0 Å². The number of hydrogen-bond donors (Lipinski definition) is 2. The highest BCUT2D eigenvalue weighted by molar-refractivity contribution is 5.84. The summed E-state index contributed by atoms with van der Waals surface area (Å²) in [6, 6.07) is 12.3. The van der Waals surface area contributed by atoms with Crippen molar-refractivity contribution in [2.75, 3.05) is 40.8 Å². The summed E-state index contributed by atoms with van der Waals surface area (Å²) in [6.45, 7) is 2.21. The third-order valence-electron chi connectivity index (χ3n) is 6.76. The molecule has 2 atom stereocenters. The second kappa shape index (κ2) is 11.2. The van der Waals surface area contributed by atoms with Gasteiger partial charge in [0.25, 0.3) is 5.91 Å². The van der Waals surface area contributed by atoms with Crippen molar-refractivity contribution in [1.29, 1.82) is 5.26 Å². The molecule has 0 radical (unpaired) electrons. The molecular formula is C27H33FN6O2. The Morgan fingerprint density at radius 3 is 2.61 bits per heavy atom. The lowest BCUT2D eigenvalue weighted by Gasteiger charge is -2.29. The van der Waals surface area contributed by atoms with Gasteiger partial charge in [-0.15, -0.1) is 0 Å². The number of likely N-dealkylation sites (N-methyl/N-ethyl adjacent to an activating group) is 1. The van der Waals surface area contributed by atoms with Crippen LogP contribution in [0.4, 0.5) is 4.39 Å². The Morgan fingerprint density at radius 2 is 1.94 bits per heavy atom. The molecular weight excluding hydrogens is 459 g/mol. The summed E-state index contributed by atoms with van der Waals surface area (Å²) >= 11 is 0. The lowest BCUT2D eigenvalue weighted by molar-refractivity contribution is -0.130. The molecule has 2 aromatic carbocycles. The monoisotopic (exact) mass is 492 g/mol. The van der Waals surface area contributed by atoms with Crippen LogP contribution in [-0.2, 0) is 11.2 Å². The average molecular weight is 493 g/mol. The topological polar surface area (TPSA) is 97.4 Å². The van der Waals surface area contributed by atoms with Gasteiger partial charge in [-0.3, -0.25) is 9.48 Å². The molecule has 2 N–H and O–H groups in total. The molecule has 36 heavy (non-hydrogen) atoms. The van der Waals surface area contributed by atoms with Crippen molar-refractivity contribution >= 4 is 16.8 Å². The van der Waals surface area contributed by atoms with Gasteiger partial charge in [0.1, 0.15) is 18.0 Å². The van der Waals surface area contributed by atoms with Gasteiger partial charge in [-0.1, -0.05) is 24.3 Å². The number of aliphatic hydroxyl groups excluding tert-OH is 1. The lowest BCUT2D eigenvalue weighted by Crippen LogP contribution is -2.45. The first kappa shape index (κ1) is 25.8. The maximum Gasteiger partial charge on any atom is 0.251 e. The molecule has 8 nitrogen and oxygen atoms in total. The van der Waals surface area contributed by atoms with Gasteiger partial charge in [-0.25, -0.2) is 4.39 Å². The first-order valence-corrected chi connectivity index (χ1v) is 12.2. The first-order chi connectivity index (χ1) is 17.2. The summed E-state index contributed by atoms with van der Waals surface area (Å²) < 4.78 is 17.2. The number of nitrogens with one attached hydrogen (secondary N) is 1. The van der Waals surface area contributed by atoms with E-state index in [9.17, 15) is 15.2 Å². The van der Waals surface area contributed by atoms with Crippen molar-refractivity contribution in [3.05, 3.63) is 54.0 Å². The molecule has 1 fully saturated rings. The van der Waals surface area contributed by atoms with Crippen molar-refractivity contribution in [3.63, 3.8) is 0 Å². The van der Waals surface area contributed by atoms with Crippen LogP contribution in [-0.4, -0.2) is 83.5 Å². The quantitative estimate of drug-likeness (QED) is 0.502. The SMILES string of the molecule is CN(C)C[C@H](O)C(=O)N[C@H](C#N)Cc1ccc(-c2ccc3cnn(C4CCN(C)CC4)c3c2)cc1F. The van der Waals surface area contributed by atoms with Crippen LogP contribution in [0, 0.1) is 17.1 Å². The van der Waals surface area contributed by atoms with Crippen LogP contribution in [0.1, 0.15) is 24.4 Å². The van der Waals surface area contributed by atoms with Crippen molar-refractivity contribution < 1.29 is 14.3 Å². The van der Waals surface area contributed by atoms with Crippen LogP contribution in [0.3, 0.4) is 0 Å². The number of rotatable bonds is 8. The molecule has 0 spiro atoms. The van der Waals surface area contributed by atoms with Crippen LogP contribution >= 0.6 is 0 Å². The molecule has 0 bridgehead atoms. The van der Waals surface area contributed by atoms with E-state index in [0.29, 0.717) is 11.6 Å². The van der Waals surface area contributed by atoms with E-state index in [1.54, 1.807) is 25.1 Å². The molecule has 0 saturated carbocycles. The van der Waals surface area contributed by atoms with Crippen molar-refractivity contribution in [1.82, 2.24) is 24.9 Å². The Morgan fingerprint density at radius 1 is 1.25 bits per heavy atom.